The lowest BCUT2D eigenvalue weighted by Crippen LogP contribution is -2.44. The quantitative estimate of drug-likeness (QED) is 0.825. The second-order valence-corrected chi connectivity index (χ2v) is 5.89. The van der Waals surface area contributed by atoms with Crippen LogP contribution in [0, 0.1) is 0 Å². The number of methoxy groups -OCH3 is 1. The number of alkyl halides is 3. The lowest BCUT2D eigenvalue weighted by Gasteiger charge is -2.36. The van der Waals surface area contributed by atoms with E-state index in [1.165, 1.54) is 12.1 Å². The van der Waals surface area contributed by atoms with Crippen LogP contribution in [-0.2, 0) is 22.1 Å². The second-order valence-electron chi connectivity index (χ2n) is 5.89. The van der Waals surface area contributed by atoms with E-state index in [0.717, 1.165) is 37.8 Å². The van der Waals surface area contributed by atoms with Crippen molar-refractivity contribution in [3.8, 4) is 0 Å². The average molecular weight is 329 g/mol. The lowest BCUT2D eigenvalue weighted by atomic mass is 9.98. The summed E-state index contributed by atoms with van der Waals surface area (Å²) in [6, 6.07) is 5.00. The van der Waals surface area contributed by atoms with Crippen LogP contribution in [0.25, 0.3) is 0 Å². The van der Waals surface area contributed by atoms with E-state index in [4.69, 9.17) is 4.74 Å². The molecule has 1 amide bonds. The molecule has 0 aliphatic carbocycles. The molecule has 0 radical (unpaired) electrons. The maximum Gasteiger partial charge on any atom is 0.416 e. The van der Waals surface area contributed by atoms with E-state index in [1.54, 1.807) is 7.11 Å². The maximum absolute atomic E-state index is 12.6. The molecule has 128 valence electrons. The molecule has 0 unspecified atom stereocenters. The predicted molar refractivity (Wildman–Crippen MR) is 81.0 cm³/mol. The van der Waals surface area contributed by atoms with Crippen molar-refractivity contribution < 1.29 is 22.7 Å². The van der Waals surface area contributed by atoms with Crippen LogP contribution in [-0.4, -0.2) is 37.1 Å². The number of likely N-dealkylation sites (tertiary alicyclic amines) is 1. The van der Waals surface area contributed by atoms with Crippen LogP contribution in [0.5, 0.6) is 0 Å². The lowest BCUT2D eigenvalue weighted by molar-refractivity contribution is -0.137. The third kappa shape index (κ3) is 4.96. The Morgan fingerprint density at radius 3 is 2.57 bits per heavy atom. The third-order valence-corrected chi connectivity index (χ3v) is 4.24. The first kappa shape index (κ1) is 17.8. The molecule has 0 saturated carbocycles. The van der Waals surface area contributed by atoms with Gasteiger partial charge in [-0.2, -0.15) is 13.2 Å². The first-order valence-electron chi connectivity index (χ1n) is 7.86. The van der Waals surface area contributed by atoms with E-state index in [0.29, 0.717) is 18.7 Å². The maximum atomic E-state index is 12.6. The van der Waals surface area contributed by atoms with Crippen LogP contribution >= 0.6 is 0 Å². The Hall–Kier alpha value is -1.56. The minimum atomic E-state index is -4.35. The number of halogens is 3. The van der Waals surface area contributed by atoms with Gasteiger partial charge in [0.15, 0.2) is 0 Å². The smallest absolute Gasteiger partial charge is 0.385 e. The van der Waals surface area contributed by atoms with Crippen LogP contribution in [0.2, 0.25) is 0 Å². The van der Waals surface area contributed by atoms with Crippen LogP contribution in [0.3, 0.4) is 0 Å². The van der Waals surface area contributed by atoms with Gasteiger partial charge in [0.2, 0.25) is 5.91 Å². The Balaban J connectivity index is 1.99. The molecule has 1 aromatic carbocycles. The fourth-order valence-corrected chi connectivity index (χ4v) is 2.97. The predicted octanol–water partition coefficient (Wildman–Crippen LogP) is 3.67. The minimum Gasteiger partial charge on any atom is -0.385 e. The van der Waals surface area contributed by atoms with Crippen molar-refractivity contribution in [1.82, 2.24) is 4.90 Å². The Labute approximate surface area is 134 Å². The summed E-state index contributed by atoms with van der Waals surface area (Å²) in [7, 11) is 1.64. The number of piperidine rings is 1. The van der Waals surface area contributed by atoms with E-state index in [1.807, 2.05) is 4.90 Å². The number of carbonyl (C=O) groups is 1. The van der Waals surface area contributed by atoms with E-state index >= 15 is 0 Å². The molecule has 0 aromatic heterocycles. The highest BCUT2D eigenvalue weighted by Gasteiger charge is 2.30. The summed E-state index contributed by atoms with van der Waals surface area (Å²) >= 11 is 0. The van der Waals surface area contributed by atoms with E-state index in [2.05, 4.69) is 0 Å². The molecule has 23 heavy (non-hydrogen) atoms. The van der Waals surface area contributed by atoms with Gasteiger partial charge in [-0.15, -0.1) is 0 Å². The van der Waals surface area contributed by atoms with Gasteiger partial charge in [-0.05, 0) is 43.4 Å². The molecule has 1 heterocycles. The van der Waals surface area contributed by atoms with Gasteiger partial charge in [0.05, 0.1) is 12.0 Å². The number of benzene rings is 1. The number of hydrogen-bond donors (Lipinski definition) is 0. The van der Waals surface area contributed by atoms with Crippen LogP contribution in [0.4, 0.5) is 13.2 Å². The second kappa shape index (κ2) is 7.81. The van der Waals surface area contributed by atoms with Gasteiger partial charge < -0.3 is 9.64 Å². The van der Waals surface area contributed by atoms with Crippen molar-refractivity contribution in [2.24, 2.45) is 0 Å². The first-order valence-corrected chi connectivity index (χ1v) is 7.86. The van der Waals surface area contributed by atoms with Gasteiger partial charge in [-0.1, -0.05) is 12.1 Å². The van der Waals surface area contributed by atoms with E-state index < -0.39 is 11.7 Å². The van der Waals surface area contributed by atoms with Crippen molar-refractivity contribution in [2.45, 2.75) is 44.3 Å². The minimum absolute atomic E-state index is 0.0226. The highest BCUT2D eigenvalue weighted by Crippen LogP contribution is 2.29. The summed E-state index contributed by atoms with van der Waals surface area (Å²) in [6.45, 7) is 1.32. The largest absolute Gasteiger partial charge is 0.416 e. The summed E-state index contributed by atoms with van der Waals surface area (Å²) in [5.74, 6) is -0.0226. The molecule has 3 nitrogen and oxygen atoms in total. The zero-order chi connectivity index (χ0) is 16.9. The van der Waals surface area contributed by atoms with Gasteiger partial charge in [-0.25, -0.2) is 0 Å². The fraction of sp³-hybridized carbons (Fsp3) is 0.588. The Kier molecular flexibility index (Phi) is 6.04. The van der Waals surface area contributed by atoms with Gasteiger partial charge >= 0.3 is 6.18 Å². The summed E-state index contributed by atoms with van der Waals surface area (Å²) in [5, 5.41) is 0. The van der Waals surface area contributed by atoms with Gasteiger partial charge in [0.25, 0.3) is 0 Å². The van der Waals surface area contributed by atoms with E-state index in [9.17, 15) is 18.0 Å². The van der Waals surface area contributed by atoms with Crippen LogP contribution in [0.15, 0.2) is 24.3 Å². The number of hydrogen-bond acceptors (Lipinski definition) is 2. The van der Waals surface area contributed by atoms with Crippen molar-refractivity contribution in [1.29, 1.82) is 0 Å². The summed E-state index contributed by atoms with van der Waals surface area (Å²) in [4.78, 5) is 14.3. The number of carbonyl (C=O) groups excluding carboxylic acids is 1. The topological polar surface area (TPSA) is 29.5 Å². The van der Waals surface area contributed by atoms with Crippen LogP contribution in [0.1, 0.15) is 36.8 Å². The zero-order valence-corrected chi connectivity index (χ0v) is 13.2. The highest BCUT2D eigenvalue weighted by atomic mass is 19.4. The van der Waals surface area contributed by atoms with Crippen LogP contribution < -0.4 is 0 Å². The molecular formula is C17H22F3NO2. The summed E-state index contributed by atoms with van der Waals surface area (Å²) in [5.41, 5.74) is -0.0799. The molecule has 1 saturated heterocycles. The van der Waals surface area contributed by atoms with Gasteiger partial charge in [-0.3, -0.25) is 4.79 Å². The van der Waals surface area contributed by atoms with Crippen molar-refractivity contribution >= 4 is 5.91 Å². The molecule has 0 bridgehead atoms. The molecule has 0 spiro atoms. The van der Waals surface area contributed by atoms with Gasteiger partial charge in [0.1, 0.15) is 0 Å². The van der Waals surface area contributed by atoms with Crippen molar-refractivity contribution in [2.75, 3.05) is 20.3 Å². The zero-order valence-electron chi connectivity index (χ0n) is 13.2. The SMILES string of the molecule is COCC[C@H]1CCCCN1C(=O)Cc1ccc(C(F)(F)F)cc1. The number of rotatable bonds is 5. The Morgan fingerprint density at radius 2 is 1.96 bits per heavy atom. The van der Waals surface area contributed by atoms with Gasteiger partial charge in [0, 0.05) is 26.3 Å². The molecule has 1 aliphatic rings. The summed E-state index contributed by atoms with van der Waals surface area (Å²) in [6.07, 6.45) is -0.375. The Bertz CT molecular complexity index is 514. The number of nitrogens with zero attached hydrogens (tertiary/aromatic N) is 1. The monoisotopic (exact) mass is 329 g/mol. The van der Waals surface area contributed by atoms with Crippen molar-refractivity contribution in [3.05, 3.63) is 35.4 Å². The molecule has 1 fully saturated rings. The third-order valence-electron chi connectivity index (χ3n) is 4.24. The summed E-state index contributed by atoms with van der Waals surface area (Å²) < 4.78 is 42.8. The number of ether oxygens (including phenoxy) is 1. The Morgan fingerprint density at radius 1 is 1.26 bits per heavy atom. The average Bonchev–Trinajstić information content (AvgIpc) is 2.53. The normalized spacial score (nSPS) is 19.0. The highest BCUT2D eigenvalue weighted by molar-refractivity contribution is 5.79. The molecule has 1 aromatic rings. The molecule has 1 aliphatic heterocycles. The standard InChI is InChI=1S/C17H22F3NO2/c1-23-11-9-15-4-2-3-10-21(15)16(22)12-13-5-7-14(8-6-13)17(18,19)20/h5-8,15H,2-4,9-12H2,1H3/t15-/m1/s1. The molecule has 1 atom stereocenters. The van der Waals surface area contributed by atoms with Crippen molar-refractivity contribution in [3.63, 3.8) is 0 Å². The molecule has 6 heteroatoms. The first-order chi connectivity index (χ1) is 10.9. The fourth-order valence-electron chi connectivity index (χ4n) is 2.97. The molecule has 2 rings (SSSR count). The molecular weight excluding hydrogens is 307 g/mol. The molecule has 0 N–H and O–H groups in total. The van der Waals surface area contributed by atoms with E-state index in [-0.39, 0.29) is 18.4 Å². The number of amides is 1.